The number of nitrogens with zero attached hydrogens (tertiary/aromatic N) is 2. The maximum Gasteiger partial charge on any atom is 0.417 e. The highest BCUT2D eigenvalue weighted by Crippen LogP contribution is 2.32. The second-order valence-corrected chi connectivity index (χ2v) is 6.03. The van der Waals surface area contributed by atoms with E-state index in [-0.39, 0.29) is 41.5 Å². The molecule has 0 unspecified atom stereocenters. The maximum absolute atomic E-state index is 12.5. The van der Waals surface area contributed by atoms with Crippen LogP contribution >= 0.6 is 46.9 Å². The number of guanidine groups is 1. The smallest absolute Gasteiger partial charge is 0.417 e. The number of halogens is 5. The van der Waals surface area contributed by atoms with E-state index < -0.39 is 11.7 Å². The highest BCUT2D eigenvalue weighted by molar-refractivity contribution is 14.0. The number of nitrogens with one attached hydrogen (secondary N) is 2. The first-order chi connectivity index (χ1) is 11.9. The zero-order valence-electron chi connectivity index (χ0n) is 13.6. The Bertz CT molecular complexity index is 713. The Morgan fingerprint density at radius 2 is 2.15 bits per heavy atom. The van der Waals surface area contributed by atoms with Crippen molar-refractivity contribution in [2.75, 3.05) is 20.2 Å². The number of ether oxygens (including phenoxy) is 1. The first-order valence-corrected chi connectivity index (χ1v) is 8.53. The fraction of sp³-hybridized carbons (Fsp3) is 0.333. The lowest BCUT2D eigenvalue weighted by Crippen LogP contribution is -2.38. The lowest BCUT2D eigenvalue weighted by atomic mass is 10.3. The van der Waals surface area contributed by atoms with Gasteiger partial charge in [0.05, 0.1) is 12.1 Å². The van der Waals surface area contributed by atoms with E-state index in [1.165, 1.54) is 0 Å². The molecular formula is C15H17ClF3IN4OS. The average molecular weight is 521 g/mol. The lowest BCUT2D eigenvalue weighted by Gasteiger charge is -2.13. The predicted molar refractivity (Wildman–Crippen MR) is 108 cm³/mol. The fourth-order valence-electron chi connectivity index (χ4n) is 1.80. The number of thiophene rings is 1. The van der Waals surface area contributed by atoms with Gasteiger partial charge in [-0.3, -0.25) is 4.99 Å². The van der Waals surface area contributed by atoms with Crippen molar-refractivity contribution in [1.29, 1.82) is 0 Å². The van der Waals surface area contributed by atoms with Gasteiger partial charge in [-0.1, -0.05) is 11.6 Å². The number of hydrogen-bond donors (Lipinski definition) is 2. The van der Waals surface area contributed by atoms with E-state index in [1.807, 2.05) is 16.8 Å². The second kappa shape index (κ2) is 10.8. The zero-order valence-corrected chi connectivity index (χ0v) is 17.5. The van der Waals surface area contributed by atoms with Crippen LogP contribution in [0.5, 0.6) is 5.88 Å². The summed E-state index contributed by atoms with van der Waals surface area (Å²) in [5.41, 5.74) is 0.228. The minimum atomic E-state index is -4.49. The van der Waals surface area contributed by atoms with Gasteiger partial charge in [0.25, 0.3) is 0 Å². The Balaban J connectivity index is 0.00000338. The largest absolute Gasteiger partial charge is 0.475 e. The van der Waals surface area contributed by atoms with E-state index in [1.54, 1.807) is 18.4 Å². The SMILES string of the molecule is CN=C(NCCOc1ncc(C(F)(F)F)cc1Cl)NCc1ccsc1.I. The van der Waals surface area contributed by atoms with Crippen molar-refractivity contribution in [3.05, 3.63) is 45.2 Å². The summed E-state index contributed by atoms with van der Waals surface area (Å²) >= 11 is 7.38. The molecule has 26 heavy (non-hydrogen) atoms. The summed E-state index contributed by atoms with van der Waals surface area (Å²) in [5.74, 6) is 0.541. The zero-order chi connectivity index (χ0) is 18.3. The van der Waals surface area contributed by atoms with Crippen LogP contribution in [0.25, 0.3) is 0 Å². The summed E-state index contributed by atoms with van der Waals surface area (Å²) < 4.78 is 42.9. The fourth-order valence-corrected chi connectivity index (χ4v) is 2.69. The lowest BCUT2D eigenvalue weighted by molar-refractivity contribution is -0.137. The normalized spacial score (nSPS) is 11.7. The molecular weight excluding hydrogens is 504 g/mol. The van der Waals surface area contributed by atoms with Crippen LogP contribution in [0.4, 0.5) is 13.2 Å². The first kappa shape index (κ1) is 22.8. The maximum atomic E-state index is 12.5. The molecule has 0 atom stereocenters. The monoisotopic (exact) mass is 520 g/mol. The number of rotatable bonds is 6. The molecule has 0 amide bonds. The molecule has 0 spiro atoms. The topological polar surface area (TPSA) is 58.5 Å². The summed E-state index contributed by atoms with van der Waals surface area (Å²) in [7, 11) is 1.64. The number of alkyl halides is 3. The molecule has 2 aromatic heterocycles. The molecule has 5 nitrogen and oxygen atoms in total. The third-order valence-electron chi connectivity index (χ3n) is 3.03. The summed E-state index contributed by atoms with van der Waals surface area (Å²) in [4.78, 5) is 7.67. The number of hydrogen-bond acceptors (Lipinski definition) is 4. The van der Waals surface area contributed by atoms with Gasteiger partial charge < -0.3 is 15.4 Å². The van der Waals surface area contributed by atoms with Gasteiger partial charge >= 0.3 is 6.18 Å². The van der Waals surface area contributed by atoms with Crippen molar-refractivity contribution in [2.45, 2.75) is 12.7 Å². The number of aromatic nitrogens is 1. The Kier molecular flexibility index (Phi) is 9.44. The van der Waals surface area contributed by atoms with Gasteiger partial charge in [-0.25, -0.2) is 4.98 Å². The molecule has 0 saturated carbocycles. The standard InChI is InChI=1S/C15H16ClF3N4OS.HI/c1-20-14(23-7-10-2-5-25-9-10)21-3-4-24-13-12(16)6-11(8-22-13)15(17,18)19;/h2,5-6,8-9H,3-4,7H2,1H3,(H2,20,21,23);1H. The Morgan fingerprint density at radius 3 is 2.73 bits per heavy atom. The Morgan fingerprint density at radius 1 is 1.38 bits per heavy atom. The molecule has 0 aliphatic carbocycles. The number of aliphatic imine (C=N–C) groups is 1. The van der Waals surface area contributed by atoms with E-state index in [9.17, 15) is 13.2 Å². The predicted octanol–water partition coefficient (Wildman–Crippen LogP) is 4.18. The van der Waals surface area contributed by atoms with Crippen molar-refractivity contribution >= 4 is 52.9 Å². The molecule has 0 bridgehead atoms. The molecule has 2 heterocycles. The highest BCUT2D eigenvalue weighted by Gasteiger charge is 2.31. The van der Waals surface area contributed by atoms with Gasteiger partial charge in [0, 0.05) is 19.8 Å². The molecule has 2 rings (SSSR count). The molecule has 0 radical (unpaired) electrons. The van der Waals surface area contributed by atoms with Crippen LogP contribution < -0.4 is 15.4 Å². The van der Waals surface area contributed by atoms with Crippen LogP contribution in [0, 0.1) is 0 Å². The van der Waals surface area contributed by atoms with Gasteiger partial charge in [0.15, 0.2) is 5.96 Å². The van der Waals surface area contributed by atoms with E-state index >= 15 is 0 Å². The molecule has 2 aromatic rings. The average Bonchev–Trinajstić information content (AvgIpc) is 3.08. The van der Waals surface area contributed by atoms with Crippen LogP contribution in [-0.4, -0.2) is 31.1 Å². The van der Waals surface area contributed by atoms with Gasteiger partial charge in [0.1, 0.15) is 11.6 Å². The molecule has 2 N–H and O–H groups in total. The van der Waals surface area contributed by atoms with E-state index in [0.717, 1.165) is 11.6 Å². The Labute approximate surface area is 175 Å². The van der Waals surface area contributed by atoms with Crippen LogP contribution in [0.1, 0.15) is 11.1 Å². The first-order valence-electron chi connectivity index (χ1n) is 7.21. The van der Waals surface area contributed by atoms with Crippen LogP contribution in [0.2, 0.25) is 5.02 Å². The molecule has 0 aromatic carbocycles. The van der Waals surface area contributed by atoms with Crippen molar-refractivity contribution in [3.8, 4) is 5.88 Å². The van der Waals surface area contributed by atoms with Gasteiger partial charge in [-0.15, -0.1) is 24.0 Å². The van der Waals surface area contributed by atoms with Crippen molar-refractivity contribution in [3.63, 3.8) is 0 Å². The Hall–Kier alpha value is -1.27. The summed E-state index contributed by atoms with van der Waals surface area (Å²) in [6.07, 6.45) is -3.80. The van der Waals surface area contributed by atoms with E-state index in [2.05, 4.69) is 20.6 Å². The van der Waals surface area contributed by atoms with Gasteiger partial charge in [-0.2, -0.15) is 24.5 Å². The van der Waals surface area contributed by atoms with Crippen LogP contribution in [-0.2, 0) is 12.7 Å². The number of pyridine rings is 1. The van der Waals surface area contributed by atoms with Gasteiger partial charge in [0.2, 0.25) is 5.88 Å². The molecule has 0 saturated heterocycles. The molecule has 0 aliphatic rings. The molecule has 11 heteroatoms. The quantitative estimate of drug-likeness (QED) is 0.260. The summed E-state index contributed by atoms with van der Waals surface area (Å²) in [6, 6.07) is 2.80. The van der Waals surface area contributed by atoms with Crippen molar-refractivity contribution in [2.24, 2.45) is 4.99 Å². The molecule has 0 aliphatic heterocycles. The van der Waals surface area contributed by atoms with Crippen LogP contribution in [0.15, 0.2) is 34.1 Å². The minimum absolute atomic E-state index is 0. The third kappa shape index (κ3) is 7.16. The second-order valence-electron chi connectivity index (χ2n) is 4.84. The van der Waals surface area contributed by atoms with Crippen LogP contribution in [0.3, 0.4) is 0 Å². The third-order valence-corrected chi connectivity index (χ3v) is 4.03. The van der Waals surface area contributed by atoms with Gasteiger partial charge in [-0.05, 0) is 28.5 Å². The summed E-state index contributed by atoms with van der Waals surface area (Å²) in [5, 5.41) is 9.98. The van der Waals surface area contributed by atoms with E-state index in [0.29, 0.717) is 25.2 Å². The molecule has 0 fully saturated rings. The van der Waals surface area contributed by atoms with E-state index in [4.69, 9.17) is 16.3 Å². The molecule has 144 valence electrons. The minimum Gasteiger partial charge on any atom is -0.475 e. The highest BCUT2D eigenvalue weighted by atomic mass is 127. The summed E-state index contributed by atoms with van der Waals surface area (Å²) in [6.45, 7) is 1.18. The van der Waals surface area contributed by atoms with Crippen molar-refractivity contribution < 1.29 is 17.9 Å². The van der Waals surface area contributed by atoms with Crippen molar-refractivity contribution in [1.82, 2.24) is 15.6 Å².